The van der Waals surface area contributed by atoms with E-state index < -0.39 is 0 Å². The van der Waals surface area contributed by atoms with Crippen molar-refractivity contribution in [1.82, 2.24) is 20.1 Å². The highest BCUT2D eigenvalue weighted by Crippen LogP contribution is 2.29. The maximum Gasteiger partial charge on any atom is 0.319 e. The van der Waals surface area contributed by atoms with E-state index in [4.69, 9.17) is 4.42 Å². The molecule has 2 heterocycles. The zero-order chi connectivity index (χ0) is 18.8. The van der Waals surface area contributed by atoms with E-state index in [0.717, 1.165) is 22.2 Å². The number of carbonyl (C=O) groups is 1. The van der Waals surface area contributed by atoms with Gasteiger partial charge in [-0.05, 0) is 31.2 Å². The summed E-state index contributed by atoms with van der Waals surface area (Å²) in [6.07, 6.45) is 2.89. The predicted octanol–water partition coefficient (Wildman–Crippen LogP) is 3.86. The quantitative estimate of drug-likeness (QED) is 0.578. The second-order valence-electron chi connectivity index (χ2n) is 6.35. The topological polar surface area (TPSA) is 85.0 Å². The molecule has 0 saturated carbocycles. The van der Waals surface area contributed by atoms with Gasteiger partial charge in [0.1, 0.15) is 11.5 Å². The number of benzene rings is 2. The number of nitrogens with zero attached hydrogens (tertiary/aromatic N) is 3. The van der Waals surface area contributed by atoms with E-state index >= 15 is 0 Å². The minimum absolute atomic E-state index is 0.281. The first-order valence-electron chi connectivity index (χ1n) is 8.56. The number of nitrogens with one attached hydrogen (secondary N) is 2. The largest absolute Gasteiger partial charge is 0.447 e. The Balaban J connectivity index is 1.49. The van der Waals surface area contributed by atoms with Crippen molar-refractivity contribution in [3.63, 3.8) is 0 Å². The smallest absolute Gasteiger partial charge is 0.319 e. The van der Waals surface area contributed by atoms with E-state index in [2.05, 4.69) is 45.8 Å². The molecule has 0 spiro atoms. The number of anilines is 1. The molecule has 136 valence electrons. The Morgan fingerprint density at radius 3 is 2.74 bits per heavy atom. The molecule has 0 radical (unpaired) electrons. The zero-order valence-electron chi connectivity index (χ0n) is 15.1. The van der Waals surface area contributed by atoms with Gasteiger partial charge in [0.2, 0.25) is 0 Å². The van der Waals surface area contributed by atoms with Crippen LogP contribution in [0.2, 0.25) is 0 Å². The first-order valence-corrected chi connectivity index (χ1v) is 8.56. The molecule has 0 atom stereocenters. The normalized spacial score (nSPS) is 10.9. The lowest BCUT2D eigenvalue weighted by molar-refractivity contribution is 0.251. The molecule has 2 amide bonds. The van der Waals surface area contributed by atoms with Crippen LogP contribution in [0, 0.1) is 6.92 Å². The van der Waals surface area contributed by atoms with Gasteiger partial charge in [-0.1, -0.05) is 23.8 Å². The number of aromatic nitrogens is 3. The number of amides is 2. The molecule has 0 aliphatic rings. The van der Waals surface area contributed by atoms with Gasteiger partial charge in [0.15, 0.2) is 6.39 Å². The highest BCUT2D eigenvalue weighted by molar-refractivity contribution is 5.94. The maximum absolute atomic E-state index is 12.0. The molecule has 4 aromatic rings. The zero-order valence-corrected chi connectivity index (χ0v) is 15.1. The summed E-state index contributed by atoms with van der Waals surface area (Å²) >= 11 is 0. The van der Waals surface area contributed by atoms with Gasteiger partial charge in [-0.2, -0.15) is 5.10 Å². The number of rotatable bonds is 4. The lowest BCUT2D eigenvalue weighted by atomic mass is 10.1. The second kappa shape index (κ2) is 6.95. The molecule has 0 bridgehead atoms. The number of hydrogen-bond acceptors (Lipinski definition) is 4. The fourth-order valence-corrected chi connectivity index (χ4v) is 2.98. The van der Waals surface area contributed by atoms with Gasteiger partial charge >= 0.3 is 6.03 Å². The van der Waals surface area contributed by atoms with Crippen molar-refractivity contribution < 1.29 is 9.21 Å². The fraction of sp³-hybridized carbons (Fsp3) is 0.150. The summed E-state index contributed by atoms with van der Waals surface area (Å²) < 4.78 is 6.96. The molecule has 0 aliphatic heterocycles. The molecule has 2 aromatic carbocycles. The molecule has 0 aliphatic carbocycles. The van der Waals surface area contributed by atoms with Crippen LogP contribution >= 0.6 is 0 Å². The molecule has 0 fully saturated rings. The number of carbonyl (C=O) groups excluding carboxylic acids is 1. The average Bonchev–Trinajstić information content (AvgIpc) is 3.29. The summed E-state index contributed by atoms with van der Waals surface area (Å²) in [5.74, 6) is 0.595. The van der Waals surface area contributed by atoms with Gasteiger partial charge in [0, 0.05) is 23.7 Å². The summed E-state index contributed by atoms with van der Waals surface area (Å²) in [6.45, 7) is 2.35. The van der Waals surface area contributed by atoms with Crippen LogP contribution in [0.1, 0.15) is 11.3 Å². The van der Waals surface area contributed by atoms with E-state index in [0.29, 0.717) is 11.4 Å². The van der Waals surface area contributed by atoms with Crippen LogP contribution in [-0.2, 0) is 13.6 Å². The lowest BCUT2D eigenvalue weighted by Crippen LogP contribution is -2.27. The first-order chi connectivity index (χ1) is 13.1. The maximum atomic E-state index is 12.0. The Morgan fingerprint density at radius 2 is 2.00 bits per heavy atom. The summed E-state index contributed by atoms with van der Waals surface area (Å²) in [6, 6.07) is 13.6. The third-order valence-corrected chi connectivity index (χ3v) is 4.33. The van der Waals surface area contributed by atoms with E-state index in [1.54, 1.807) is 6.20 Å². The SMILES string of the molecule is Cc1ccc2c(c1)c(-c1ccc(NC(=O)NCc3cnco3)cc1)nn2C. The minimum atomic E-state index is -0.307. The van der Waals surface area contributed by atoms with Crippen LogP contribution in [0.5, 0.6) is 0 Å². The van der Waals surface area contributed by atoms with Crippen molar-refractivity contribution in [2.75, 3.05) is 5.32 Å². The van der Waals surface area contributed by atoms with Crippen molar-refractivity contribution >= 4 is 22.6 Å². The van der Waals surface area contributed by atoms with Crippen LogP contribution in [0.25, 0.3) is 22.2 Å². The molecule has 4 rings (SSSR count). The molecule has 7 heteroatoms. The second-order valence-corrected chi connectivity index (χ2v) is 6.35. The lowest BCUT2D eigenvalue weighted by Gasteiger charge is -2.07. The molecule has 2 aromatic heterocycles. The van der Waals surface area contributed by atoms with Crippen molar-refractivity contribution in [2.24, 2.45) is 7.05 Å². The van der Waals surface area contributed by atoms with Crippen LogP contribution < -0.4 is 10.6 Å². The number of hydrogen-bond donors (Lipinski definition) is 2. The van der Waals surface area contributed by atoms with E-state index in [1.807, 2.05) is 36.0 Å². The fourth-order valence-electron chi connectivity index (χ4n) is 2.98. The van der Waals surface area contributed by atoms with Crippen LogP contribution in [0.15, 0.2) is 59.5 Å². The van der Waals surface area contributed by atoms with Crippen molar-refractivity contribution in [3.8, 4) is 11.3 Å². The van der Waals surface area contributed by atoms with Gasteiger partial charge in [0.05, 0.1) is 18.3 Å². The number of oxazole rings is 1. The Bertz CT molecular complexity index is 1080. The van der Waals surface area contributed by atoms with Gasteiger partial charge in [-0.3, -0.25) is 4.68 Å². The van der Waals surface area contributed by atoms with Gasteiger partial charge in [-0.25, -0.2) is 9.78 Å². The number of fused-ring (bicyclic) bond motifs is 1. The Kier molecular flexibility index (Phi) is 4.33. The number of urea groups is 1. The van der Waals surface area contributed by atoms with Crippen molar-refractivity contribution in [2.45, 2.75) is 13.5 Å². The van der Waals surface area contributed by atoms with E-state index in [9.17, 15) is 4.79 Å². The first kappa shape index (κ1) is 16.8. The summed E-state index contributed by atoms with van der Waals surface area (Å²) in [7, 11) is 1.94. The van der Waals surface area contributed by atoms with Gasteiger partial charge in [-0.15, -0.1) is 0 Å². The average molecular weight is 361 g/mol. The van der Waals surface area contributed by atoms with Crippen LogP contribution in [0.3, 0.4) is 0 Å². The standard InChI is InChI=1S/C20H19N5O2/c1-13-3-8-18-17(9-13)19(24-25(18)2)14-4-6-15(7-5-14)23-20(26)22-11-16-10-21-12-27-16/h3-10,12H,11H2,1-2H3,(H2,22,23,26). The Morgan fingerprint density at radius 1 is 1.19 bits per heavy atom. The Hall–Kier alpha value is -3.61. The molecular formula is C20H19N5O2. The monoisotopic (exact) mass is 361 g/mol. The molecule has 7 nitrogen and oxygen atoms in total. The molecule has 0 saturated heterocycles. The highest BCUT2D eigenvalue weighted by Gasteiger charge is 2.11. The van der Waals surface area contributed by atoms with Crippen LogP contribution in [-0.4, -0.2) is 20.8 Å². The van der Waals surface area contributed by atoms with Crippen molar-refractivity contribution in [3.05, 3.63) is 66.4 Å². The predicted molar refractivity (Wildman–Crippen MR) is 103 cm³/mol. The molecule has 0 unspecified atom stereocenters. The van der Waals surface area contributed by atoms with E-state index in [1.165, 1.54) is 12.0 Å². The number of aryl methyl sites for hydroxylation is 2. The van der Waals surface area contributed by atoms with E-state index in [-0.39, 0.29) is 12.6 Å². The molecule has 27 heavy (non-hydrogen) atoms. The third kappa shape index (κ3) is 3.52. The highest BCUT2D eigenvalue weighted by atomic mass is 16.3. The molecular weight excluding hydrogens is 342 g/mol. The Labute approximate surface area is 156 Å². The summed E-state index contributed by atoms with van der Waals surface area (Å²) in [5, 5.41) is 11.3. The summed E-state index contributed by atoms with van der Waals surface area (Å²) in [5.41, 5.74) is 4.91. The summed E-state index contributed by atoms with van der Waals surface area (Å²) in [4.78, 5) is 15.8. The van der Waals surface area contributed by atoms with Crippen LogP contribution in [0.4, 0.5) is 10.5 Å². The van der Waals surface area contributed by atoms with Crippen molar-refractivity contribution in [1.29, 1.82) is 0 Å². The van der Waals surface area contributed by atoms with Gasteiger partial charge < -0.3 is 15.1 Å². The minimum Gasteiger partial charge on any atom is -0.447 e. The third-order valence-electron chi connectivity index (χ3n) is 4.33. The molecule has 2 N–H and O–H groups in total. The van der Waals surface area contributed by atoms with Gasteiger partial charge in [0.25, 0.3) is 0 Å².